The van der Waals surface area contributed by atoms with Crippen molar-refractivity contribution in [2.45, 2.75) is 31.8 Å². The molecule has 2 N–H and O–H groups in total. The van der Waals surface area contributed by atoms with Crippen molar-refractivity contribution in [1.29, 1.82) is 0 Å². The zero-order chi connectivity index (χ0) is 10.7. The van der Waals surface area contributed by atoms with E-state index < -0.39 is 0 Å². The molecule has 1 aliphatic heterocycles. The maximum atomic E-state index is 11.0. The Morgan fingerprint density at radius 2 is 2.53 bits per heavy atom. The first-order chi connectivity index (χ1) is 7.25. The predicted octanol–water partition coefficient (Wildman–Crippen LogP) is 1.68. The van der Waals surface area contributed by atoms with Crippen LogP contribution in [0.4, 0.5) is 0 Å². The molecule has 1 aromatic rings. The van der Waals surface area contributed by atoms with E-state index in [9.17, 15) is 4.79 Å². The molecular formula is C11H16N2OS. The molecule has 1 amide bonds. The molecular weight excluding hydrogens is 208 g/mol. The molecule has 3 nitrogen and oxygen atoms in total. The summed E-state index contributed by atoms with van der Waals surface area (Å²) in [5.41, 5.74) is 0. The number of rotatable bonds is 3. The lowest BCUT2D eigenvalue weighted by atomic mass is 10.1. The van der Waals surface area contributed by atoms with Crippen LogP contribution in [0.1, 0.15) is 30.7 Å². The number of nitrogens with one attached hydrogen (secondary N) is 2. The number of hydrogen-bond donors (Lipinski definition) is 2. The van der Waals surface area contributed by atoms with Crippen molar-refractivity contribution in [2.24, 2.45) is 0 Å². The van der Waals surface area contributed by atoms with Crippen LogP contribution >= 0.6 is 11.3 Å². The molecule has 4 heteroatoms. The van der Waals surface area contributed by atoms with Crippen LogP contribution in [0, 0.1) is 0 Å². The van der Waals surface area contributed by atoms with E-state index in [0.29, 0.717) is 18.5 Å². The maximum Gasteiger partial charge on any atom is 0.220 e. The van der Waals surface area contributed by atoms with Gasteiger partial charge in [0.15, 0.2) is 0 Å². The lowest BCUT2D eigenvalue weighted by Gasteiger charge is -2.26. The van der Waals surface area contributed by atoms with Gasteiger partial charge in [-0.2, -0.15) is 0 Å². The Hall–Kier alpha value is -0.870. The molecule has 2 atom stereocenters. The van der Waals surface area contributed by atoms with E-state index in [2.05, 4.69) is 35.1 Å². The highest BCUT2D eigenvalue weighted by molar-refractivity contribution is 7.10. The van der Waals surface area contributed by atoms with Gasteiger partial charge in [0.2, 0.25) is 5.91 Å². The molecule has 2 heterocycles. The third-order valence-electron chi connectivity index (χ3n) is 2.72. The quantitative estimate of drug-likeness (QED) is 0.820. The summed E-state index contributed by atoms with van der Waals surface area (Å²) < 4.78 is 0. The first kappa shape index (κ1) is 10.6. The molecule has 0 saturated carbocycles. The van der Waals surface area contributed by atoms with Gasteiger partial charge < -0.3 is 10.6 Å². The Labute approximate surface area is 93.9 Å². The van der Waals surface area contributed by atoms with Crippen molar-refractivity contribution < 1.29 is 4.79 Å². The standard InChI is InChI=1S/C11H16N2OS/c1-8(10-3-2-6-15-10)13-9-4-5-11(14)12-7-9/h2-3,6,8-9,13H,4-5,7H2,1H3,(H,12,14). The second-order valence-corrected chi connectivity index (χ2v) is 4.92. The molecule has 1 fully saturated rings. The fourth-order valence-corrected chi connectivity index (χ4v) is 2.59. The van der Waals surface area contributed by atoms with Crippen molar-refractivity contribution in [3.8, 4) is 0 Å². The van der Waals surface area contributed by atoms with Crippen LogP contribution in [-0.4, -0.2) is 18.5 Å². The van der Waals surface area contributed by atoms with E-state index in [4.69, 9.17) is 0 Å². The number of thiophene rings is 1. The normalized spacial score (nSPS) is 23.5. The molecule has 1 saturated heterocycles. The van der Waals surface area contributed by atoms with Gasteiger partial charge in [0.1, 0.15) is 0 Å². The summed E-state index contributed by atoms with van der Waals surface area (Å²) in [4.78, 5) is 12.3. The van der Waals surface area contributed by atoms with E-state index in [1.54, 1.807) is 11.3 Å². The Bertz CT molecular complexity index is 313. The van der Waals surface area contributed by atoms with Crippen LogP contribution in [-0.2, 0) is 4.79 Å². The molecule has 1 aromatic heterocycles. The lowest BCUT2D eigenvalue weighted by molar-refractivity contribution is -0.122. The van der Waals surface area contributed by atoms with Gasteiger partial charge in [0.25, 0.3) is 0 Å². The summed E-state index contributed by atoms with van der Waals surface area (Å²) in [6.07, 6.45) is 1.59. The van der Waals surface area contributed by atoms with Gasteiger partial charge in [-0.15, -0.1) is 11.3 Å². The average Bonchev–Trinajstić information content (AvgIpc) is 2.74. The van der Waals surface area contributed by atoms with Gasteiger partial charge in [-0.1, -0.05) is 6.07 Å². The monoisotopic (exact) mass is 224 g/mol. The third-order valence-corrected chi connectivity index (χ3v) is 3.78. The number of piperidine rings is 1. The van der Waals surface area contributed by atoms with Crippen molar-refractivity contribution in [3.05, 3.63) is 22.4 Å². The van der Waals surface area contributed by atoms with Crippen LogP contribution in [0.5, 0.6) is 0 Å². The Morgan fingerprint density at radius 3 is 3.13 bits per heavy atom. The van der Waals surface area contributed by atoms with Crippen molar-refractivity contribution in [3.63, 3.8) is 0 Å². The van der Waals surface area contributed by atoms with Gasteiger partial charge in [0.05, 0.1) is 0 Å². The smallest absolute Gasteiger partial charge is 0.220 e. The van der Waals surface area contributed by atoms with E-state index >= 15 is 0 Å². The van der Waals surface area contributed by atoms with E-state index in [1.165, 1.54) is 4.88 Å². The summed E-state index contributed by atoms with van der Waals surface area (Å²) >= 11 is 1.77. The molecule has 0 spiro atoms. The largest absolute Gasteiger partial charge is 0.355 e. The Morgan fingerprint density at radius 1 is 1.67 bits per heavy atom. The van der Waals surface area contributed by atoms with Gasteiger partial charge >= 0.3 is 0 Å². The maximum absolute atomic E-state index is 11.0. The summed E-state index contributed by atoms with van der Waals surface area (Å²) in [6.45, 7) is 2.93. The molecule has 0 aliphatic carbocycles. The number of hydrogen-bond acceptors (Lipinski definition) is 3. The van der Waals surface area contributed by atoms with E-state index in [1.807, 2.05) is 0 Å². The SMILES string of the molecule is CC(NC1CCC(=O)NC1)c1cccs1. The highest BCUT2D eigenvalue weighted by Crippen LogP contribution is 2.19. The predicted molar refractivity (Wildman–Crippen MR) is 61.9 cm³/mol. The molecule has 0 bridgehead atoms. The zero-order valence-corrected chi connectivity index (χ0v) is 9.64. The summed E-state index contributed by atoms with van der Waals surface area (Å²) in [7, 11) is 0. The minimum absolute atomic E-state index is 0.178. The first-order valence-corrected chi connectivity index (χ1v) is 6.20. The van der Waals surface area contributed by atoms with Crippen LogP contribution in [0.2, 0.25) is 0 Å². The highest BCUT2D eigenvalue weighted by Gasteiger charge is 2.19. The second-order valence-electron chi connectivity index (χ2n) is 3.94. The van der Waals surface area contributed by atoms with Gasteiger partial charge in [0, 0.05) is 29.9 Å². The minimum Gasteiger partial charge on any atom is -0.355 e. The third kappa shape index (κ3) is 2.79. The van der Waals surface area contributed by atoms with E-state index in [0.717, 1.165) is 13.0 Å². The highest BCUT2D eigenvalue weighted by atomic mass is 32.1. The average molecular weight is 224 g/mol. The van der Waals surface area contributed by atoms with Gasteiger partial charge in [-0.25, -0.2) is 0 Å². The molecule has 2 rings (SSSR count). The summed E-state index contributed by atoms with van der Waals surface area (Å²) in [6, 6.07) is 5.01. The minimum atomic E-state index is 0.178. The topological polar surface area (TPSA) is 41.1 Å². The first-order valence-electron chi connectivity index (χ1n) is 5.32. The number of amides is 1. The molecule has 0 aromatic carbocycles. The zero-order valence-electron chi connectivity index (χ0n) is 8.82. The molecule has 15 heavy (non-hydrogen) atoms. The van der Waals surface area contributed by atoms with Crippen LogP contribution < -0.4 is 10.6 Å². The van der Waals surface area contributed by atoms with Crippen molar-refractivity contribution >= 4 is 17.2 Å². The lowest BCUT2D eigenvalue weighted by Crippen LogP contribution is -2.46. The fraction of sp³-hybridized carbons (Fsp3) is 0.545. The molecule has 2 unspecified atom stereocenters. The number of carbonyl (C=O) groups is 1. The van der Waals surface area contributed by atoms with Crippen molar-refractivity contribution in [2.75, 3.05) is 6.54 Å². The second kappa shape index (κ2) is 4.77. The van der Waals surface area contributed by atoms with E-state index in [-0.39, 0.29) is 5.91 Å². The van der Waals surface area contributed by atoms with Crippen LogP contribution in [0.15, 0.2) is 17.5 Å². The van der Waals surface area contributed by atoms with Gasteiger partial charge in [-0.05, 0) is 24.8 Å². The Balaban J connectivity index is 1.84. The fourth-order valence-electron chi connectivity index (χ4n) is 1.85. The van der Waals surface area contributed by atoms with Crippen LogP contribution in [0.3, 0.4) is 0 Å². The van der Waals surface area contributed by atoms with Gasteiger partial charge in [-0.3, -0.25) is 4.79 Å². The summed E-state index contributed by atoms with van der Waals surface area (Å²) in [5.74, 6) is 0.178. The number of carbonyl (C=O) groups excluding carboxylic acids is 1. The molecule has 0 radical (unpaired) electrons. The molecule has 1 aliphatic rings. The summed E-state index contributed by atoms with van der Waals surface area (Å²) in [5, 5.41) is 8.52. The Kier molecular flexibility index (Phi) is 3.38. The van der Waals surface area contributed by atoms with Crippen LogP contribution in [0.25, 0.3) is 0 Å². The molecule has 82 valence electrons. The van der Waals surface area contributed by atoms with Crippen molar-refractivity contribution in [1.82, 2.24) is 10.6 Å².